The van der Waals surface area contributed by atoms with Crippen LogP contribution >= 0.6 is 0 Å². The number of halogens is 1. The zero-order valence-corrected chi connectivity index (χ0v) is 11.6. The Morgan fingerprint density at radius 2 is 2.00 bits per heavy atom. The van der Waals surface area contributed by atoms with Gasteiger partial charge in [-0.1, -0.05) is 18.9 Å². The molecule has 0 aliphatic heterocycles. The van der Waals surface area contributed by atoms with E-state index in [1.54, 1.807) is 0 Å². The smallest absolute Gasteiger partial charge is 0.313 e. The van der Waals surface area contributed by atoms with Crippen molar-refractivity contribution in [3.63, 3.8) is 0 Å². The number of hydrogen-bond acceptors (Lipinski definition) is 3. The lowest BCUT2D eigenvalue weighted by molar-refractivity contribution is -0.137. The lowest BCUT2D eigenvalue weighted by atomic mass is 9.85. The molecule has 0 bridgehead atoms. The second kappa shape index (κ2) is 7.17. The van der Waals surface area contributed by atoms with Gasteiger partial charge < -0.3 is 15.7 Å². The molecule has 6 heteroatoms. The van der Waals surface area contributed by atoms with E-state index < -0.39 is 17.6 Å². The highest BCUT2D eigenvalue weighted by Gasteiger charge is 2.27. The minimum atomic E-state index is -0.831. The van der Waals surface area contributed by atoms with E-state index in [-0.39, 0.29) is 24.3 Å². The van der Waals surface area contributed by atoms with E-state index in [1.165, 1.54) is 18.2 Å². The van der Waals surface area contributed by atoms with E-state index in [2.05, 4.69) is 10.6 Å². The van der Waals surface area contributed by atoms with E-state index >= 15 is 0 Å². The van der Waals surface area contributed by atoms with E-state index in [1.807, 2.05) is 0 Å². The Bertz CT molecular complexity index is 521. The third-order valence-electron chi connectivity index (χ3n) is 3.75. The van der Waals surface area contributed by atoms with Gasteiger partial charge in [0.15, 0.2) is 0 Å². The summed E-state index contributed by atoms with van der Waals surface area (Å²) in [7, 11) is 0. The Kier molecular flexibility index (Phi) is 5.27. The average Bonchev–Trinajstić information content (AvgIpc) is 2.47. The Hall–Kier alpha value is -1.95. The summed E-state index contributed by atoms with van der Waals surface area (Å²) >= 11 is 0. The van der Waals surface area contributed by atoms with Gasteiger partial charge in [0, 0.05) is 24.3 Å². The Morgan fingerprint density at radius 1 is 1.24 bits per heavy atom. The van der Waals surface area contributed by atoms with Gasteiger partial charge in [-0.2, -0.15) is 0 Å². The van der Waals surface area contributed by atoms with Crippen molar-refractivity contribution < 1.29 is 19.1 Å². The molecule has 3 N–H and O–H groups in total. The molecule has 0 radical (unpaired) electrons. The standard InChI is InChI=1S/C15H19FN2O3/c16-11-5-3-6-12(8-11)17-14(20)15(21)18-13-7-2-1-4-10(13)9-19/h3,5-6,8,10,13,19H,1-2,4,7,9H2,(H,17,20)(H,18,21). The molecule has 1 aromatic rings. The van der Waals surface area contributed by atoms with Gasteiger partial charge in [0.1, 0.15) is 5.82 Å². The van der Waals surface area contributed by atoms with Gasteiger partial charge in [0.05, 0.1) is 0 Å². The number of hydrogen-bond donors (Lipinski definition) is 3. The highest BCUT2D eigenvalue weighted by atomic mass is 19.1. The maximum absolute atomic E-state index is 13.0. The molecule has 0 heterocycles. The Labute approximate surface area is 122 Å². The third-order valence-corrected chi connectivity index (χ3v) is 3.75. The van der Waals surface area contributed by atoms with Crippen molar-refractivity contribution >= 4 is 17.5 Å². The Morgan fingerprint density at radius 3 is 2.71 bits per heavy atom. The van der Waals surface area contributed by atoms with Crippen molar-refractivity contribution in [2.75, 3.05) is 11.9 Å². The van der Waals surface area contributed by atoms with Crippen LogP contribution in [0.1, 0.15) is 25.7 Å². The van der Waals surface area contributed by atoms with Crippen molar-refractivity contribution in [1.29, 1.82) is 0 Å². The summed E-state index contributed by atoms with van der Waals surface area (Å²) in [6.07, 6.45) is 3.58. The molecule has 1 aliphatic carbocycles. The van der Waals surface area contributed by atoms with Crippen molar-refractivity contribution in [2.45, 2.75) is 31.7 Å². The number of benzene rings is 1. The molecule has 2 unspecified atom stereocenters. The number of carbonyl (C=O) groups excluding carboxylic acids is 2. The fourth-order valence-corrected chi connectivity index (χ4v) is 2.60. The van der Waals surface area contributed by atoms with Crippen LogP contribution in [-0.2, 0) is 9.59 Å². The summed E-state index contributed by atoms with van der Waals surface area (Å²) in [5.41, 5.74) is 0.234. The maximum atomic E-state index is 13.0. The van der Waals surface area contributed by atoms with Crippen LogP contribution in [0.5, 0.6) is 0 Å². The van der Waals surface area contributed by atoms with Crippen LogP contribution in [0.2, 0.25) is 0 Å². The molecule has 0 spiro atoms. The van der Waals surface area contributed by atoms with Crippen molar-refractivity contribution in [2.24, 2.45) is 5.92 Å². The summed E-state index contributed by atoms with van der Waals surface area (Å²) < 4.78 is 13.0. The topological polar surface area (TPSA) is 78.4 Å². The van der Waals surface area contributed by atoms with Gasteiger partial charge in [-0.05, 0) is 31.0 Å². The first-order valence-electron chi connectivity index (χ1n) is 7.08. The number of aliphatic hydroxyl groups excluding tert-OH is 1. The molecular formula is C15H19FN2O3. The van der Waals surface area contributed by atoms with Crippen LogP contribution < -0.4 is 10.6 Å². The maximum Gasteiger partial charge on any atom is 0.313 e. The number of carbonyl (C=O) groups is 2. The molecule has 5 nitrogen and oxygen atoms in total. The average molecular weight is 294 g/mol. The minimum absolute atomic E-state index is 0.00351. The fourth-order valence-electron chi connectivity index (χ4n) is 2.60. The van der Waals surface area contributed by atoms with Gasteiger partial charge in [-0.3, -0.25) is 9.59 Å². The predicted molar refractivity (Wildman–Crippen MR) is 76.0 cm³/mol. The first kappa shape index (κ1) is 15.4. The normalized spacial score (nSPS) is 21.6. The van der Waals surface area contributed by atoms with E-state index in [4.69, 9.17) is 0 Å². The second-order valence-corrected chi connectivity index (χ2v) is 5.27. The first-order chi connectivity index (χ1) is 10.1. The summed E-state index contributed by atoms with van der Waals surface area (Å²) in [5.74, 6) is -2.09. The number of aliphatic hydroxyl groups is 1. The van der Waals surface area contributed by atoms with Gasteiger partial charge in [0.25, 0.3) is 0 Å². The molecule has 114 valence electrons. The molecule has 2 rings (SSSR count). The molecule has 2 atom stereocenters. The Balaban J connectivity index is 1.91. The van der Waals surface area contributed by atoms with Crippen LogP contribution in [-0.4, -0.2) is 29.6 Å². The second-order valence-electron chi connectivity index (χ2n) is 5.27. The number of rotatable bonds is 3. The van der Waals surface area contributed by atoms with Crippen LogP contribution in [0, 0.1) is 11.7 Å². The van der Waals surface area contributed by atoms with Crippen LogP contribution in [0.4, 0.5) is 10.1 Å². The quantitative estimate of drug-likeness (QED) is 0.738. The van der Waals surface area contributed by atoms with Crippen molar-refractivity contribution in [3.8, 4) is 0 Å². The van der Waals surface area contributed by atoms with Gasteiger partial charge in [0.2, 0.25) is 0 Å². The number of anilines is 1. The van der Waals surface area contributed by atoms with Crippen LogP contribution in [0.25, 0.3) is 0 Å². The molecule has 2 amide bonds. The first-order valence-corrected chi connectivity index (χ1v) is 7.08. The fraction of sp³-hybridized carbons (Fsp3) is 0.467. The number of nitrogens with one attached hydrogen (secondary N) is 2. The molecule has 1 fully saturated rings. The molecule has 0 saturated heterocycles. The summed E-state index contributed by atoms with van der Waals surface area (Å²) in [6, 6.07) is 5.16. The van der Waals surface area contributed by atoms with Crippen molar-refractivity contribution in [1.82, 2.24) is 5.32 Å². The third kappa shape index (κ3) is 4.26. The van der Waals surface area contributed by atoms with Crippen LogP contribution in [0.3, 0.4) is 0 Å². The van der Waals surface area contributed by atoms with E-state index in [0.717, 1.165) is 31.7 Å². The molecule has 1 saturated carbocycles. The van der Waals surface area contributed by atoms with Gasteiger partial charge in [-0.15, -0.1) is 0 Å². The lowest BCUT2D eigenvalue weighted by Crippen LogP contribution is -2.47. The monoisotopic (exact) mass is 294 g/mol. The zero-order valence-electron chi connectivity index (χ0n) is 11.6. The zero-order chi connectivity index (χ0) is 15.2. The molecule has 1 aliphatic rings. The summed E-state index contributed by atoms with van der Waals surface area (Å²) in [5, 5.41) is 14.3. The summed E-state index contributed by atoms with van der Waals surface area (Å²) in [6.45, 7) is -0.00351. The molecule has 21 heavy (non-hydrogen) atoms. The minimum Gasteiger partial charge on any atom is -0.396 e. The molecular weight excluding hydrogens is 275 g/mol. The largest absolute Gasteiger partial charge is 0.396 e. The lowest BCUT2D eigenvalue weighted by Gasteiger charge is -2.30. The van der Waals surface area contributed by atoms with E-state index in [9.17, 15) is 19.1 Å². The summed E-state index contributed by atoms with van der Waals surface area (Å²) in [4.78, 5) is 23.6. The highest BCUT2D eigenvalue weighted by Crippen LogP contribution is 2.23. The molecule has 0 aromatic heterocycles. The highest BCUT2D eigenvalue weighted by molar-refractivity contribution is 6.39. The number of amides is 2. The molecule has 1 aromatic carbocycles. The van der Waals surface area contributed by atoms with Crippen LogP contribution in [0.15, 0.2) is 24.3 Å². The van der Waals surface area contributed by atoms with Gasteiger partial charge in [-0.25, -0.2) is 4.39 Å². The van der Waals surface area contributed by atoms with E-state index in [0.29, 0.717) is 0 Å². The SMILES string of the molecule is O=C(Nc1cccc(F)c1)C(=O)NC1CCCCC1CO. The predicted octanol–water partition coefficient (Wildman–Crippen LogP) is 1.43. The van der Waals surface area contributed by atoms with Crippen molar-refractivity contribution in [3.05, 3.63) is 30.1 Å². The van der Waals surface area contributed by atoms with Gasteiger partial charge >= 0.3 is 11.8 Å².